The van der Waals surface area contributed by atoms with E-state index in [0.717, 1.165) is 47.6 Å². The van der Waals surface area contributed by atoms with Crippen molar-refractivity contribution >= 4 is 28.5 Å². The molecule has 1 aliphatic heterocycles. The first-order valence-corrected chi connectivity index (χ1v) is 10.5. The number of pyridine rings is 1. The Morgan fingerprint density at radius 1 is 1.13 bits per heavy atom. The summed E-state index contributed by atoms with van der Waals surface area (Å²) in [6, 6.07) is 18.3. The number of guanidine groups is 1. The maximum Gasteiger partial charge on any atom is 0.225 e. The molecule has 0 saturated heterocycles. The van der Waals surface area contributed by atoms with Gasteiger partial charge in [0.05, 0.1) is 12.1 Å². The Balaban J connectivity index is 1.41. The molecule has 6 nitrogen and oxygen atoms in total. The Kier molecular flexibility index (Phi) is 6.23. The number of carbonyl (C=O) groups is 1. The van der Waals surface area contributed by atoms with Crippen molar-refractivity contribution in [3.05, 3.63) is 71.9 Å². The zero-order valence-corrected chi connectivity index (χ0v) is 17.2. The molecule has 2 aromatic carbocycles. The van der Waals surface area contributed by atoms with Gasteiger partial charge in [0.1, 0.15) is 0 Å². The van der Waals surface area contributed by atoms with Crippen LogP contribution in [0.2, 0.25) is 0 Å². The van der Waals surface area contributed by atoms with Gasteiger partial charge in [0, 0.05) is 42.7 Å². The summed E-state index contributed by atoms with van der Waals surface area (Å²) >= 11 is 0. The van der Waals surface area contributed by atoms with Crippen molar-refractivity contribution in [1.82, 2.24) is 15.6 Å². The van der Waals surface area contributed by atoms with E-state index in [0.29, 0.717) is 13.0 Å². The van der Waals surface area contributed by atoms with Crippen molar-refractivity contribution in [2.75, 3.05) is 25.0 Å². The molecule has 1 atom stereocenters. The highest BCUT2D eigenvalue weighted by molar-refractivity contribution is 5.94. The summed E-state index contributed by atoms with van der Waals surface area (Å²) < 4.78 is 0. The molecule has 3 aromatic rings. The van der Waals surface area contributed by atoms with E-state index in [-0.39, 0.29) is 11.8 Å². The molecule has 1 amide bonds. The molecule has 0 aliphatic carbocycles. The number of para-hydroxylation sites is 2. The van der Waals surface area contributed by atoms with Gasteiger partial charge in [-0.25, -0.2) is 0 Å². The molecule has 3 N–H and O–H groups in total. The minimum Gasteiger partial charge on any atom is -0.357 e. The van der Waals surface area contributed by atoms with Crippen molar-refractivity contribution in [3.8, 4) is 0 Å². The van der Waals surface area contributed by atoms with Crippen LogP contribution in [0.25, 0.3) is 10.9 Å². The third kappa shape index (κ3) is 4.59. The van der Waals surface area contributed by atoms with Crippen LogP contribution in [0.3, 0.4) is 0 Å². The molecule has 6 heteroatoms. The number of hydrogen-bond donors (Lipinski definition) is 3. The molecule has 1 aliphatic rings. The second-order valence-corrected chi connectivity index (χ2v) is 7.43. The summed E-state index contributed by atoms with van der Waals surface area (Å²) in [5.74, 6) is 0.914. The molecular formula is C24H27N5O. The number of nitrogens with zero attached hydrogens (tertiary/aromatic N) is 2. The van der Waals surface area contributed by atoms with Crippen LogP contribution in [0.15, 0.2) is 65.8 Å². The van der Waals surface area contributed by atoms with Crippen LogP contribution in [-0.2, 0) is 11.2 Å². The second kappa shape index (κ2) is 9.39. The molecule has 1 aromatic heterocycles. The van der Waals surface area contributed by atoms with Gasteiger partial charge >= 0.3 is 0 Å². The number of carbonyl (C=O) groups excluding carboxylic acids is 1. The fraction of sp³-hybridized carbons (Fsp3) is 0.292. The van der Waals surface area contributed by atoms with Crippen molar-refractivity contribution in [2.24, 2.45) is 4.99 Å². The average molecular weight is 402 g/mol. The molecule has 0 spiro atoms. The van der Waals surface area contributed by atoms with Crippen LogP contribution >= 0.6 is 0 Å². The predicted molar refractivity (Wildman–Crippen MR) is 122 cm³/mol. The number of amides is 1. The Morgan fingerprint density at radius 3 is 2.90 bits per heavy atom. The summed E-state index contributed by atoms with van der Waals surface area (Å²) in [5.41, 5.74) is 4.32. The van der Waals surface area contributed by atoms with Crippen molar-refractivity contribution in [2.45, 2.75) is 25.7 Å². The quantitative estimate of drug-likeness (QED) is 0.437. The summed E-state index contributed by atoms with van der Waals surface area (Å²) in [5, 5.41) is 10.8. The van der Waals surface area contributed by atoms with Gasteiger partial charge in [0.15, 0.2) is 5.96 Å². The van der Waals surface area contributed by atoms with Crippen LogP contribution in [0.1, 0.15) is 30.4 Å². The number of rotatable bonds is 6. The first-order valence-electron chi connectivity index (χ1n) is 10.5. The van der Waals surface area contributed by atoms with Crippen LogP contribution in [0.4, 0.5) is 5.69 Å². The van der Waals surface area contributed by atoms with Gasteiger partial charge in [-0.1, -0.05) is 42.5 Å². The van der Waals surface area contributed by atoms with E-state index in [1.165, 1.54) is 5.56 Å². The summed E-state index contributed by atoms with van der Waals surface area (Å²) in [7, 11) is 0. The Bertz CT molecular complexity index is 1060. The standard InChI is InChI=1S/C24H27N5O/c1-2-25-24(27-14-12-18-8-5-7-17-9-6-13-26-23(17)18)28-16-19-15-22(30)29-21-11-4-3-10-20(19)21/h3-11,13,19H,2,12,14-16H2,1H3,(H,29,30)(H2,25,27,28). The molecule has 4 rings (SSSR count). The van der Waals surface area contributed by atoms with Gasteiger partial charge in [-0.3, -0.25) is 14.8 Å². The van der Waals surface area contributed by atoms with Gasteiger partial charge in [-0.05, 0) is 36.6 Å². The van der Waals surface area contributed by atoms with Gasteiger partial charge in [-0.2, -0.15) is 0 Å². The number of benzene rings is 2. The minimum atomic E-state index is 0.0512. The van der Waals surface area contributed by atoms with Gasteiger partial charge in [0.25, 0.3) is 0 Å². The van der Waals surface area contributed by atoms with Gasteiger partial charge in [-0.15, -0.1) is 0 Å². The molecule has 0 radical (unpaired) electrons. The molecule has 1 unspecified atom stereocenters. The van der Waals surface area contributed by atoms with E-state index < -0.39 is 0 Å². The topological polar surface area (TPSA) is 78.4 Å². The van der Waals surface area contributed by atoms with E-state index in [4.69, 9.17) is 4.99 Å². The molecule has 0 fully saturated rings. The summed E-state index contributed by atoms with van der Waals surface area (Å²) in [4.78, 5) is 21.3. The molecule has 30 heavy (non-hydrogen) atoms. The van der Waals surface area contributed by atoms with E-state index in [9.17, 15) is 4.79 Å². The van der Waals surface area contributed by atoms with Crippen molar-refractivity contribution in [1.29, 1.82) is 0 Å². The highest BCUT2D eigenvalue weighted by atomic mass is 16.1. The monoisotopic (exact) mass is 401 g/mol. The van der Waals surface area contributed by atoms with Crippen LogP contribution in [0, 0.1) is 0 Å². The summed E-state index contributed by atoms with van der Waals surface area (Å²) in [6.07, 6.45) is 3.15. The predicted octanol–water partition coefficient (Wildman–Crippen LogP) is 3.46. The smallest absolute Gasteiger partial charge is 0.225 e. The van der Waals surface area contributed by atoms with Crippen LogP contribution < -0.4 is 16.0 Å². The largest absolute Gasteiger partial charge is 0.357 e. The Morgan fingerprint density at radius 2 is 2.00 bits per heavy atom. The molecule has 0 saturated carbocycles. The lowest BCUT2D eigenvalue weighted by atomic mass is 9.91. The zero-order chi connectivity index (χ0) is 20.8. The third-order valence-corrected chi connectivity index (χ3v) is 5.32. The molecule has 154 valence electrons. The highest BCUT2D eigenvalue weighted by Crippen LogP contribution is 2.31. The minimum absolute atomic E-state index is 0.0512. The maximum atomic E-state index is 12.0. The molecule has 0 bridgehead atoms. The van der Waals surface area contributed by atoms with Gasteiger partial charge < -0.3 is 16.0 Å². The first kappa shape index (κ1) is 19.9. The van der Waals surface area contributed by atoms with Crippen LogP contribution in [-0.4, -0.2) is 36.5 Å². The Hall–Kier alpha value is -3.41. The first-order chi connectivity index (χ1) is 14.7. The number of aromatic nitrogens is 1. The molecular weight excluding hydrogens is 374 g/mol. The zero-order valence-electron chi connectivity index (χ0n) is 17.2. The van der Waals surface area contributed by atoms with Crippen molar-refractivity contribution < 1.29 is 4.79 Å². The lowest BCUT2D eigenvalue weighted by molar-refractivity contribution is -0.116. The van der Waals surface area contributed by atoms with Crippen LogP contribution in [0.5, 0.6) is 0 Å². The second-order valence-electron chi connectivity index (χ2n) is 7.43. The van der Waals surface area contributed by atoms with E-state index in [1.54, 1.807) is 0 Å². The van der Waals surface area contributed by atoms with E-state index in [1.807, 2.05) is 30.5 Å². The number of aliphatic imine (C=N–C) groups is 1. The van der Waals surface area contributed by atoms with Gasteiger partial charge in [0.2, 0.25) is 5.91 Å². The number of anilines is 1. The average Bonchev–Trinajstić information content (AvgIpc) is 2.77. The van der Waals surface area contributed by atoms with E-state index in [2.05, 4.69) is 58.2 Å². The SMILES string of the molecule is CCNC(=NCC1CC(=O)Nc2ccccc21)NCCc1cccc2cccnc12. The third-order valence-electron chi connectivity index (χ3n) is 5.32. The maximum absolute atomic E-state index is 12.0. The number of hydrogen-bond acceptors (Lipinski definition) is 3. The number of nitrogens with one attached hydrogen (secondary N) is 3. The molecule has 2 heterocycles. The highest BCUT2D eigenvalue weighted by Gasteiger charge is 2.24. The Labute approximate surface area is 176 Å². The fourth-order valence-corrected chi connectivity index (χ4v) is 3.89. The lowest BCUT2D eigenvalue weighted by Crippen LogP contribution is -2.39. The fourth-order valence-electron chi connectivity index (χ4n) is 3.89. The number of fused-ring (bicyclic) bond motifs is 2. The summed E-state index contributed by atoms with van der Waals surface area (Å²) in [6.45, 7) is 4.15. The van der Waals surface area contributed by atoms with E-state index >= 15 is 0 Å². The lowest BCUT2D eigenvalue weighted by Gasteiger charge is -2.24. The van der Waals surface area contributed by atoms with Crippen molar-refractivity contribution in [3.63, 3.8) is 0 Å². The normalized spacial score (nSPS) is 16.1.